The minimum absolute atomic E-state index is 0. The van der Waals surface area contributed by atoms with Crippen molar-refractivity contribution in [1.29, 1.82) is 0 Å². The number of carbonyl (C=O) groups is 1. The summed E-state index contributed by atoms with van der Waals surface area (Å²) in [6.07, 6.45) is 8.04. The Bertz CT molecular complexity index is 301. The molecule has 2 heterocycles. The van der Waals surface area contributed by atoms with E-state index >= 15 is 0 Å². The molecule has 0 aromatic heterocycles. The second-order valence-electron chi connectivity index (χ2n) is 6.88. The smallest absolute Gasteiger partial charge is 0.222 e. The number of nitrogens with one attached hydrogen (secondary N) is 1. The summed E-state index contributed by atoms with van der Waals surface area (Å²) in [5, 5.41) is 3.38. The van der Waals surface area contributed by atoms with E-state index in [1.807, 2.05) is 0 Å². The van der Waals surface area contributed by atoms with Gasteiger partial charge in [0.15, 0.2) is 0 Å². The van der Waals surface area contributed by atoms with Crippen LogP contribution in [-0.4, -0.2) is 37.0 Å². The third kappa shape index (κ3) is 4.92. The van der Waals surface area contributed by atoms with E-state index in [0.29, 0.717) is 11.3 Å². The molecule has 0 aromatic carbocycles. The van der Waals surface area contributed by atoms with Crippen LogP contribution in [0, 0.1) is 11.3 Å². The van der Waals surface area contributed by atoms with Gasteiger partial charge < -0.3 is 10.2 Å². The van der Waals surface area contributed by atoms with E-state index in [-0.39, 0.29) is 12.4 Å². The highest BCUT2D eigenvalue weighted by Gasteiger charge is 2.32. The highest BCUT2D eigenvalue weighted by Crippen LogP contribution is 2.34. The lowest BCUT2D eigenvalue weighted by atomic mass is 9.78. The highest BCUT2D eigenvalue weighted by atomic mass is 35.5. The molecule has 1 N–H and O–H groups in total. The fourth-order valence-electron chi connectivity index (χ4n) is 3.78. The van der Waals surface area contributed by atoms with Gasteiger partial charge in [-0.1, -0.05) is 20.3 Å². The van der Waals surface area contributed by atoms with Gasteiger partial charge in [-0.3, -0.25) is 4.79 Å². The molecule has 0 saturated carbocycles. The topological polar surface area (TPSA) is 32.3 Å². The van der Waals surface area contributed by atoms with Crippen LogP contribution in [0.4, 0.5) is 0 Å². The number of hydrogen-bond acceptors (Lipinski definition) is 2. The predicted molar refractivity (Wildman–Crippen MR) is 86.3 cm³/mol. The predicted octanol–water partition coefficient (Wildman–Crippen LogP) is 3.23. The SMILES string of the molecule is CCCC1(C)CCCN(C(=O)CCC2CCNC2)C1.Cl. The third-order valence-electron chi connectivity index (χ3n) is 4.92. The second kappa shape index (κ2) is 8.23. The van der Waals surface area contributed by atoms with Gasteiger partial charge in [-0.15, -0.1) is 12.4 Å². The van der Waals surface area contributed by atoms with Crippen molar-refractivity contribution in [2.75, 3.05) is 26.2 Å². The van der Waals surface area contributed by atoms with Crippen molar-refractivity contribution in [2.24, 2.45) is 11.3 Å². The van der Waals surface area contributed by atoms with Crippen LogP contribution in [0.3, 0.4) is 0 Å². The van der Waals surface area contributed by atoms with E-state index < -0.39 is 0 Å². The summed E-state index contributed by atoms with van der Waals surface area (Å²) in [7, 11) is 0. The average molecular weight is 303 g/mol. The standard InChI is InChI=1S/C16H30N2O.ClH/c1-3-8-16(2)9-4-11-18(13-16)15(19)6-5-14-7-10-17-12-14;/h14,17H,3-13H2,1-2H3;1H. The van der Waals surface area contributed by atoms with Gasteiger partial charge >= 0.3 is 0 Å². The molecular formula is C16H31ClN2O. The average Bonchev–Trinajstić information content (AvgIpc) is 2.89. The lowest BCUT2D eigenvalue weighted by Gasteiger charge is -2.40. The minimum Gasteiger partial charge on any atom is -0.342 e. The van der Waals surface area contributed by atoms with Crippen molar-refractivity contribution in [3.05, 3.63) is 0 Å². The Balaban J connectivity index is 0.00000200. The first-order valence-electron chi connectivity index (χ1n) is 8.11. The molecule has 0 bridgehead atoms. The Hall–Kier alpha value is -0.280. The second-order valence-corrected chi connectivity index (χ2v) is 6.88. The minimum atomic E-state index is 0. The van der Waals surface area contributed by atoms with Crippen LogP contribution in [0.15, 0.2) is 0 Å². The van der Waals surface area contributed by atoms with Crippen molar-refractivity contribution < 1.29 is 4.79 Å². The van der Waals surface area contributed by atoms with Crippen molar-refractivity contribution in [3.8, 4) is 0 Å². The first kappa shape index (κ1) is 17.8. The quantitative estimate of drug-likeness (QED) is 0.845. The number of nitrogens with zero attached hydrogens (tertiary/aromatic N) is 1. The van der Waals surface area contributed by atoms with Crippen molar-refractivity contribution >= 4 is 18.3 Å². The molecule has 0 aromatic rings. The zero-order chi connectivity index (χ0) is 13.7. The molecule has 4 heteroatoms. The van der Waals surface area contributed by atoms with Gasteiger partial charge in [0.25, 0.3) is 0 Å². The molecule has 20 heavy (non-hydrogen) atoms. The lowest BCUT2D eigenvalue weighted by molar-refractivity contribution is -0.134. The van der Waals surface area contributed by atoms with Crippen LogP contribution in [0.2, 0.25) is 0 Å². The van der Waals surface area contributed by atoms with Gasteiger partial charge in [0.1, 0.15) is 0 Å². The van der Waals surface area contributed by atoms with E-state index in [9.17, 15) is 4.79 Å². The fraction of sp³-hybridized carbons (Fsp3) is 0.938. The molecule has 2 saturated heterocycles. The molecule has 1 amide bonds. The molecule has 3 nitrogen and oxygen atoms in total. The normalized spacial score (nSPS) is 30.1. The number of amides is 1. The van der Waals surface area contributed by atoms with Gasteiger partial charge in [-0.05, 0) is 56.5 Å². The van der Waals surface area contributed by atoms with Crippen molar-refractivity contribution in [3.63, 3.8) is 0 Å². The van der Waals surface area contributed by atoms with Gasteiger partial charge in [0.05, 0.1) is 0 Å². The van der Waals surface area contributed by atoms with E-state index in [4.69, 9.17) is 0 Å². The summed E-state index contributed by atoms with van der Waals surface area (Å²) in [6, 6.07) is 0. The van der Waals surface area contributed by atoms with Crippen LogP contribution in [-0.2, 0) is 4.79 Å². The van der Waals surface area contributed by atoms with Crippen LogP contribution >= 0.6 is 12.4 Å². The molecule has 2 aliphatic rings. The summed E-state index contributed by atoms with van der Waals surface area (Å²) in [6.45, 7) is 8.83. The van der Waals surface area contributed by atoms with Gasteiger partial charge in [0, 0.05) is 19.5 Å². The van der Waals surface area contributed by atoms with E-state index in [2.05, 4.69) is 24.1 Å². The number of piperidine rings is 1. The Kier molecular flexibility index (Phi) is 7.32. The van der Waals surface area contributed by atoms with Gasteiger partial charge in [-0.2, -0.15) is 0 Å². The Labute approximate surface area is 130 Å². The molecule has 2 fully saturated rings. The summed E-state index contributed by atoms with van der Waals surface area (Å²) in [4.78, 5) is 14.5. The molecule has 0 aliphatic carbocycles. The van der Waals surface area contributed by atoms with Crippen LogP contribution < -0.4 is 5.32 Å². The molecule has 0 spiro atoms. The number of halogens is 1. The van der Waals surface area contributed by atoms with E-state index in [0.717, 1.165) is 44.9 Å². The number of hydrogen-bond donors (Lipinski definition) is 1. The van der Waals surface area contributed by atoms with Crippen LogP contribution in [0.25, 0.3) is 0 Å². The molecular weight excluding hydrogens is 272 g/mol. The van der Waals surface area contributed by atoms with Crippen LogP contribution in [0.5, 0.6) is 0 Å². The lowest BCUT2D eigenvalue weighted by Crippen LogP contribution is -2.44. The first-order chi connectivity index (χ1) is 9.13. The Morgan fingerprint density at radius 2 is 2.25 bits per heavy atom. The maximum Gasteiger partial charge on any atom is 0.222 e. The summed E-state index contributed by atoms with van der Waals surface area (Å²) in [5.74, 6) is 1.13. The van der Waals surface area contributed by atoms with Crippen molar-refractivity contribution in [2.45, 2.75) is 58.8 Å². The molecule has 2 rings (SSSR count). The molecule has 2 aliphatic heterocycles. The number of rotatable bonds is 5. The molecule has 2 unspecified atom stereocenters. The fourth-order valence-corrected chi connectivity index (χ4v) is 3.78. The number of likely N-dealkylation sites (tertiary alicyclic amines) is 1. The van der Waals surface area contributed by atoms with Crippen molar-refractivity contribution in [1.82, 2.24) is 10.2 Å². The van der Waals surface area contributed by atoms with E-state index in [1.165, 1.54) is 32.1 Å². The largest absolute Gasteiger partial charge is 0.342 e. The number of carbonyl (C=O) groups excluding carboxylic acids is 1. The summed E-state index contributed by atoms with van der Waals surface area (Å²) in [5.41, 5.74) is 0.373. The summed E-state index contributed by atoms with van der Waals surface area (Å²) >= 11 is 0. The Morgan fingerprint density at radius 1 is 1.45 bits per heavy atom. The molecule has 0 radical (unpaired) electrons. The molecule has 118 valence electrons. The monoisotopic (exact) mass is 302 g/mol. The Morgan fingerprint density at radius 3 is 2.90 bits per heavy atom. The van der Waals surface area contributed by atoms with Gasteiger partial charge in [-0.25, -0.2) is 0 Å². The summed E-state index contributed by atoms with van der Waals surface area (Å²) < 4.78 is 0. The third-order valence-corrected chi connectivity index (χ3v) is 4.92. The zero-order valence-corrected chi connectivity index (χ0v) is 13.9. The van der Waals surface area contributed by atoms with E-state index in [1.54, 1.807) is 0 Å². The maximum absolute atomic E-state index is 12.4. The first-order valence-corrected chi connectivity index (χ1v) is 8.11. The van der Waals surface area contributed by atoms with Crippen LogP contribution in [0.1, 0.15) is 58.8 Å². The zero-order valence-electron chi connectivity index (χ0n) is 13.1. The van der Waals surface area contributed by atoms with Gasteiger partial charge in [0.2, 0.25) is 5.91 Å². The maximum atomic E-state index is 12.4. The highest BCUT2D eigenvalue weighted by molar-refractivity contribution is 5.85. The molecule has 2 atom stereocenters.